The van der Waals surface area contributed by atoms with Gasteiger partial charge in [-0.15, -0.1) is 0 Å². The first-order valence-electron chi connectivity index (χ1n) is 8.12. The zero-order valence-electron chi connectivity index (χ0n) is 14.5. The van der Waals surface area contributed by atoms with E-state index in [9.17, 15) is 4.79 Å². The van der Waals surface area contributed by atoms with Crippen LogP contribution in [0.3, 0.4) is 0 Å². The molecule has 0 saturated heterocycles. The van der Waals surface area contributed by atoms with Gasteiger partial charge in [-0.1, -0.05) is 41.4 Å². The molecule has 0 saturated carbocycles. The predicted molar refractivity (Wildman–Crippen MR) is 105 cm³/mol. The molecule has 136 valence electrons. The molecule has 0 aliphatic rings. The number of rotatable bonds is 3. The second-order valence-corrected chi connectivity index (χ2v) is 6.82. The molecule has 5 nitrogen and oxygen atoms in total. The number of methoxy groups -OCH3 is 1. The number of hydrogen-bond acceptors (Lipinski definition) is 4. The molecule has 2 aromatic heterocycles. The molecule has 0 aliphatic carbocycles. The van der Waals surface area contributed by atoms with E-state index in [4.69, 9.17) is 32.4 Å². The molecule has 4 rings (SSSR count). The summed E-state index contributed by atoms with van der Waals surface area (Å²) in [6.45, 7) is 1.91. The van der Waals surface area contributed by atoms with Crippen LogP contribution in [0.4, 0.5) is 0 Å². The smallest absolute Gasteiger partial charge is 0.358 e. The van der Waals surface area contributed by atoms with Gasteiger partial charge in [0, 0.05) is 22.0 Å². The summed E-state index contributed by atoms with van der Waals surface area (Å²) in [6, 6.07) is 14.5. The fourth-order valence-corrected chi connectivity index (χ4v) is 3.53. The highest BCUT2D eigenvalue weighted by Gasteiger charge is 2.23. The van der Waals surface area contributed by atoms with Gasteiger partial charge in [0.1, 0.15) is 5.69 Å². The molecule has 0 bridgehead atoms. The van der Waals surface area contributed by atoms with Crippen LogP contribution in [-0.4, -0.2) is 22.9 Å². The van der Waals surface area contributed by atoms with Gasteiger partial charge in [-0.2, -0.15) is 5.10 Å². The van der Waals surface area contributed by atoms with Crippen molar-refractivity contribution in [2.24, 2.45) is 0 Å². The van der Waals surface area contributed by atoms with Crippen LogP contribution in [0, 0.1) is 6.92 Å². The van der Waals surface area contributed by atoms with Crippen molar-refractivity contribution < 1.29 is 13.9 Å². The first kappa shape index (κ1) is 17.6. The highest BCUT2D eigenvalue weighted by molar-refractivity contribution is 6.38. The summed E-state index contributed by atoms with van der Waals surface area (Å²) in [6.07, 6.45) is 0. The minimum Gasteiger partial charge on any atom is -0.464 e. The number of nitrogens with zero attached hydrogens (tertiary/aromatic N) is 2. The van der Waals surface area contributed by atoms with E-state index in [1.165, 1.54) is 7.11 Å². The molecule has 0 aliphatic heterocycles. The number of hydrogen-bond donors (Lipinski definition) is 0. The van der Waals surface area contributed by atoms with Gasteiger partial charge in [0.05, 0.1) is 17.8 Å². The number of furan rings is 1. The van der Waals surface area contributed by atoms with E-state index in [0.29, 0.717) is 27.1 Å². The zero-order valence-corrected chi connectivity index (χ0v) is 16.0. The second-order valence-electron chi connectivity index (χ2n) is 5.97. The molecule has 2 aromatic carbocycles. The third kappa shape index (κ3) is 2.99. The van der Waals surface area contributed by atoms with Crippen LogP contribution in [0.25, 0.3) is 28.1 Å². The van der Waals surface area contributed by atoms with E-state index in [0.717, 1.165) is 16.6 Å². The number of aryl methyl sites for hydroxylation is 1. The van der Waals surface area contributed by atoms with Gasteiger partial charge < -0.3 is 9.15 Å². The Balaban J connectivity index is 2.00. The van der Waals surface area contributed by atoms with Crippen LogP contribution in [0.1, 0.15) is 16.1 Å². The molecule has 0 N–H and O–H groups in total. The first-order chi connectivity index (χ1) is 13.0. The Kier molecular flexibility index (Phi) is 4.42. The van der Waals surface area contributed by atoms with E-state index in [1.54, 1.807) is 22.9 Å². The number of benzene rings is 2. The van der Waals surface area contributed by atoms with Crippen LogP contribution in [0.2, 0.25) is 10.0 Å². The molecule has 27 heavy (non-hydrogen) atoms. The first-order valence-corrected chi connectivity index (χ1v) is 8.87. The molecular formula is C20H14Cl2N2O3. The molecule has 0 atom stereocenters. The lowest BCUT2D eigenvalue weighted by molar-refractivity contribution is 0.0593. The van der Waals surface area contributed by atoms with Gasteiger partial charge in [-0.05, 0) is 31.2 Å². The Hall–Kier alpha value is -2.76. The third-order valence-corrected chi connectivity index (χ3v) is 4.79. The maximum Gasteiger partial charge on any atom is 0.358 e. The van der Waals surface area contributed by atoms with Crippen LogP contribution in [0.15, 0.2) is 52.9 Å². The maximum atomic E-state index is 12.0. The Morgan fingerprint density at radius 1 is 1.15 bits per heavy atom. The largest absolute Gasteiger partial charge is 0.464 e. The predicted octanol–water partition coefficient (Wildman–Crippen LogP) is 5.69. The van der Waals surface area contributed by atoms with Crippen molar-refractivity contribution in [1.82, 2.24) is 9.78 Å². The number of ether oxygens (including phenoxy) is 1. The standard InChI is InChI=1S/C20H14Cl2N2O3/c1-11-14-8-12(21)9-15(22)19(14)27-18(11)17-10-16(20(25)26-2)23-24(17)13-6-4-3-5-7-13/h3-10H,1-2H3. The van der Waals surface area contributed by atoms with Crippen molar-refractivity contribution in [1.29, 1.82) is 0 Å². The van der Waals surface area contributed by atoms with Crippen LogP contribution in [-0.2, 0) is 4.74 Å². The van der Waals surface area contributed by atoms with Crippen molar-refractivity contribution in [2.75, 3.05) is 7.11 Å². The highest BCUT2D eigenvalue weighted by Crippen LogP contribution is 2.39. The van der Waals surface area contributed by atoms with Gasteiger partial charge in [-0.25, -0.2) is 9.48 Å². The van der Waals surface area contributed by atoms with Crippen molar-refractivity contribution >= 4 is 40.1 Å². The van der Waals surface area contributed by atoms with Gasteiger partial charge in [0.2, 0.25) is 0 Å². The SMILES string of the molecule is COC(=O)c1cc(-c2oc3c(Cl)cc(Cl)cc3c2C)n(-c2ccccc2)n1. The maximum absolute atomic E-state index is 12.0. The van der Waals surface area contributed by atoms with E-state index in [2.05, 4.69) is 5.10 Å². The van der Waals surface area contributed by atoms with Gasteiger partial charge in [-0.3, -0.25) is 0 Å². The second kappa shape index (κ2) is 6.76. The average molecular weight is 401 g/mol. The molecule has 0 radical (unpaired) electrons. The van der Waals surface area contributed by atoms with Crippen molar-refractivity contribution in [3.05, 3.63) is 69.8 Å². The normalized spacial score (nSPS) is 11.1. The molecule has 0 unspecified atom stereocenters. The lowest BCUT2D eigenvalue weighted by Crippen LogP contribution is -2.04. The summed E-state index contributed by atoms with van der Waals surface area (Å²) < 4.78 is 12.5. The summed E-state index contributed by atoms with van der Waals surface area (Å²) in [5.41, 5.74) is 2.96. The number of fused-ring (bicyclic) bond motifs is 1. The van der Waals surface area contributed by atoms with Crippen molar-refractivity contribution in [3.63, 3.8) is 0 Å². The lowest BCUT2D eigenvalue weighted by Gasteiger charge is -2.05. The van der Waals surface area contributed by atoms with Gasteiger partial charge in [0.25, 0.3) is 0 Å². The fraction of sp³-hybridized carbons (Fsp3) is 0.100. The Morgan fingerprint density at radius 2 is 1.89 bits per heavy atom. The Bertz CT molecular complexity index is 1160. The summed E-state index contributed by atoms with van der Waals surface area (Å²) >= 11 is 12.4. The van der Waals surface area contributed by atoms with E-state index in [1.807, 2.05) is 37.3 Å². The number of carbonyl (C=O) groups is 1. The summed E-state index contributed by atoms with van der Waals surface area (Å²) in [4.78, 5) is 12.0. The van der Waals surface area contributed by atoms with Crippen molar-refractivity contribution in [2.45, 2.75) is 6.92 Å². The van der Waals surface area contributed by atoms with E-state index < -0.39 is 5.97 Å². The van der Waals surface area contributed by atoms with E-state index >= 15 is 0 Å². The Labute approximate surface area is 165 Å². The minimum atomic E-state index is -0.527. The molecule has 4 aromatic rings. The van der Waals surface area contributed by atoms with Gasteiger partial charge >= 0.3 is 5.97 Å². The lowest BCUT2D eigenvalue weighted by atomic mass is 10.1. The third-order valence-electron chi connectivity index (χ3n) is 4.29. The fourth-order valence-electron chi connectivity index (χ4n) is 3.00. The number of carbonyl (C=O) groups excluding carboxylic acids is 1. The zero-order chi connectivity index (χ0) is 19.1. The van der Waals surface area contributed by atoms with Crippen LogP contribution < -0.4 is 0 Å². The number of para-hydroxylation sites is 1. The minimum absolute atomic E-state index is 0.181. The molecule has 2 heterocycles. The van der Waals surface area contributed by atoms with Gasteiger partial charge in [0.15, 0.2) is 17.0 Å². The topological polar surface area (TPSA) is 57.3 Å². The molecular weight excluding hydrogens is 387 g/mol. The van der Waals surface area contributed by atoms with Crippen molar-refractivity contribution in [3.8, 4) is 17.1 Å². The summed E-state index contributed by atoms with van der Waals surface area (Å²) in [5, 5.41) is 6.16. The quantitative estimate of drug-likeness (QED) is 0.414. The number of halogens is 2. The average Bonchev–Trinajstić information content (AvgIpc) is 3.24. The molecule has 0 fully saturated rings. The molecule has 0 spiro atoms. The van der Waals surface area contributed by atoms with E-state index in [-0.39, 0.29) is 5.69 Å². The highest BCUT2D eigenvalue weighted by atomic mass is 35.5. The van der Waals surface area contributed by atoms with Crippen LogP contribution in [0.5, 0.6) is 0 Å². The molecule has 7 heteroatoms. The Morgan fingerprint density at radius 3 is 2.59 bits per heavy atom. The van der Waals surface area contributed by atoms with Crippen LogP contribution >= 0.6 is 23.2 Å². The number of aromatic nitrogens is 2. The molecule has 0 amide bonds. The number of esters is 1. The monoisotopic (exact) mass is 400 g/mol. The summed E-state index contributed by atoms with van der Waals surface area (Å²) in [5.74, 6) is 0.0291. The summed E-state index contributed by atoms with van der Waals surface area (Å²) in [7, 11) is 1.32.